The predicted molar refractivity (Wildman–Crippen MR) is 122 cm³/mol. The van der Waals surface area contributed by atoms with Crippen molar-refractivity contribution < 1.29 is 14.7 Å². The molecule has 0 spiro atoms. The van der Waals surface area contributed by atoms with Crippen LogP contribution in [-0.4, -0.2) is 78.8 Å². The molecular formula is C23H27N7O3. The summed E-state index contributed by atoms with van der Waals surface area (Å²) in [5, 5.41) is 16.9. The largest absolute Gasteiger partial charge is 0.381 e. The van der Waals surface area contributed by atoms with Gasteiger partial charge in [-0.05, 0) is 38.8 Å². The molecule has 0 unspecified atom stereocenters. The number of rotatable bonds is 3. The van der Waals surface area contributed by atoms with Crippen molar-refractivity contribution >= 4 is 28.7 Å². The minimum Gasteiger partial charge on any atom is -0.381 e. The molecule has 0 saturated carbocycles. The summed E-state index contributed by atoms with van der Waals surface area (Å²) in [5.41, 5.74) is 3.34. The lowest BCUT2D eigenvalue weighted by molar-refractivity contribution is -0.148. The number of anilines is 1. The van der Waals surface area contributed by atoms with E-state index in [1.165, 1.54) is 13.8 Å². The number of nitrogens with one attached hydrogen (secondary N) is 1. The van der Waals surface area contributed by atoms with Gasteiger partial charge in [-0.3, -0.25) is 19.8 Å². The van der Waals surface area contributed by atoms with E-state index < -0.39 is 5.60 Å². The number of carbonyl (C=O) groups excluding carboxylic acids is 2. The molecule has 0 radical (unpaired) electrons. The predicted octanol–water partition coefficient (Wildman–Crippen LogP) is 2.15. The van der Waals surface area contributed by atoms with Crippen LogP contribution in [0.2, 0.25) is 0 Å². The van der Waals surface area contributed by atoms with Crippen LogP contribution in [0.15, 0.2) is 30.7 Å². The summed E-state index contributed by atoms with van der Waals surface area (Å²) in [6, 6.07) is 3.64. The van der Waals surface area contributed by atoms with E-state index in [9.17, 15) is 14.7 Å². The average Bonchev–Trinajstić information content (AvgIpc) is 3.34. The Morgan fingerprint density at radius 1 is 1.21 bits per heavy atom. The Balaban J connectivity index is 1.54. The lowest BCUT2D eigenvalue weighted by atomic mass is 9.98. The summed E-state index contributed by atoms with van der Waals surface area (Å²) in [5.74, 6) is -0.287. The first-order chi connectivity index (χ1) is 15.7. The van der Waals surface area contributed by atoms with Crippen molar-refractivity contribution in [3.8, 4) is 11.3 Å². The fourth-order valence-electron chi connectivity index (χ4n) is 4.68. The number of amides is 3. The van der Waals surface area contributed by atoms with Gasteiger partial charge in [0.1, 0.15) is 11.1 Å². The number of hydrogen-bond donors (Lipinski definition) is 2. The van der Waals surface area contributed by atoms with E-state index in [4.69, 9.17) is 4.98 Å². The molecule has 0 atom stereocenters. The molecule has 3 aromatic heterocycles. The van der Waals surface area contributed by atoms with Crippen LogP contribution in [0.5, 0.6) is 0 Å². The molecule has 0 bridgehead atoms. The van der Waals surface area contributed by atoms with Gasteiger partial charge >= 0.3 is 6.03 Å². The second-order valence-corrected chi connectivity index (χ2v) is 9.27. The third-order valence-electron chi connectivity index (χ3n) is 6.38. The number of aliphatic hydroxyl groups is 1. The molecule has 0 aliphatic carbocycles. The summed E-state index contributed by atoms with van der Waals surface area (Å²) in [4.78, 5) is 40.6. The summed E-state index contributed by atoms with van der Waals surface area (Å²) < 4.78 is 0. The Morgan fingerprint density at radius 3 is 2.64 bits per heavy atom. The van der Waals surface area contributed by atoms with Gasteiger partial charge in [-0.1, -0.05) is 0 Å². The molecule has 33 heavy (non-hydrogen) atoms. The van der Waals surface area contributed by atoms with E-state index in [0.29, 0.717) is 38.0 Å². The topological polar surface area (TPSA) is 119 Å². The highest BCUT2D eigenvalue weighted by Crippen LogP contribution is 2.37. The van der Waals surface area contributed by atoms with Crippen LogP contribution in [0.3, 0.4) is 0 Å². The zero-order chi connectivity index (χ0) is 23.3. The number of urea groups is 1. The summed E-state index contributed by atoms with van der Waals surface area (Å²) in [6.07, 6.45) is 6.55. The van der Waals surface area contributed by atoms with Gasteiger partial charge in [0.05, 0.1) is 29.6 Å². The Morgan fingerprint density at radius 2 is 1.97 bits per heavy atom. The number of hydrogen-bond acceptors (Lipinski definition) is 6. The molecule has 5 rings (SSSR count). The minimum atomic E-state index is -1.41. The second-order valence-electron chi connectivity index (χ2n) is 9.27. The van der Waals surface area contributed by atoms with Crippen LogP contribution >= 0.6 is 0 Å². The number of piperidine rings is 1. The standard InChI is InChI=1S/C23H27N7O3/c1-23(2,33)21(31)29-8-6-16(7-9-29)30-20-15(13-28(3)22(30)32)10-24-18-5-4-17(27-19(18)20)14-11-25-26-12-14/h4-5,10-12,16,33H,6-9,13H2,1-3H3,(H,25,26). The minimum absolute atomic E-state index is 0.0854. The highest BCUT2D eigenvalue weighted by Gasteiger charge is 2.39. The molecule has 5 heterocycles. The number of likely N-dealkylation sites (tertiary alicyclic amines) is 1. The SMILES string of the molecule is CN1Cc2cnc3ccc(-c4cn[nH]c4)nc3c2N(C2CCN(C(=O)C(C)(C)O)CC2)C1=O. The van der Waals surface area contributed by atoms with Crippen molar-refractivity contribution in [3.63, 3.8) is 0 Å². The molecule has 10 nitrogen and oxygen atoms in total. The van der Waals surface area contributed by atoms with Gasteiger partial charge in [0.2, 0.25) is 0 Å². The molecule has 3 aromatic rings. The normalized spacial score (nSPS) is 17.6. The number of pyridine rings is 2. The van der Waals surface area contributed by atoms with E-state index >= 15 is 0 Å². The summed E-state index contributed by atoms with van der Waals surface area (Å²) in [6.45, 7) is 4.42. The highest BCUT2D eigenvalue weighted by atomic mass is 16.3. The smallest absolute Gasteiger partial charge is 0.324 e. The number of nitrogens with zero attached hydrogens (tertiary/aromatic N) is 6. The summed E-state index contributed by atoms with van der Waals surface area (Å²) >= 11 is 0. The monoisotopic (exact) mass is 449 g/mol. The molecule has 172 valence electrons. The van der Waals surface area contributed by atoms with E-state index in [0.717, 1.165) is 28.0 Å². The lowest BCUT2D eigenvalue weighted by Gasteiger charge is -2.43. The first kappa shape index (κ1) is 21.3. The molecule has 10 heteroatoms. The molecule has 1 saturated heterocycles. The second kappa shape index (κ2) is 7.80. The lowest BCUT2D eigenvalue weighted by Crippen LogP contribution is -2.56. The van der Waals surface area contributed by atoms with E-state index in [1.807, 2.05) is 23.2 Å². The Hall–Kier alpha value is -3.53. The first-order valence-corrected chi connectivity index (χ1v) is 11.1. The number of aromatic nitrogens is 4. The van der Waals surface area contributed by atoms with E-state index in [2.05, 4.69) is 15.2 Å². The Kier molecular flexibility index (Phi) is 5.04. The maximum Gasteiger partial charge on any atom is 0.324 e. The van der Waals surface area contributed by atoms with Crippen LogP contribution in [0.25, 0.3) is 22.3 Å². The summed E-state index contributed by atoms with van der Waals surface area (Å²) in [7, 11) is 1.78. The number of H-pyrrole nitrogens is 1. The third-order valence-corrected chi connectivity index (χ3v) is 6.38. The fraction of sp³-hybridized carbons (Fsp3) is 0.435. The Bertz CT molecular complexity index is 1210. The quantitative estimate of drug-likeness (QED) is 0.633. The molecule has 2 aliphatic rings. The van der Waals surface area contributed by atoms with Crippen LogP contribution in [-0.2, 0) is 11.3 Å². The zero-order valence-corrected chi connectivity index (χ0v) is 18.9. The van der Waals surface area contributed by atoms with Crippen molar-refractivity contribution in [1.29, 1.82) is 0 Å². The molecule has 2 N–H and O–H groups in total. The van der Waals surface area contributed by atoms with Crippen LogP contribution in [0, 0.1) is 0 Å². The maximum absolute atomic E-state index is 13.4. The van der Waals surface area contributed by atoms with Crippen LogP contribution < -0.4 is 4.90 Å². The van der Waals surface area contributed by atoms with Crippen molar-refractivity contribution in [3.05, 3.63) is 36.3 Å². The molecule has 0 aromatic carbocycles. The van der Waals surface area contributed by atoms with Crippen molar-refractivity contribution in [2.24, 2.45) is 0 Å². The number of fused-ring (bicyclic) bond motifs is 3. The molecule has 3 amide bonds. The van der Waals surface area contributed by atoms with Gasteiger partial charge in [0, 0.05) is 49.7 Å². The zero-order valence-electron chi connectivity index (χ0n) is 18.9. The van der Waals surface area contributed by atoms with Crippen molar-refractivity contribution in [1.82, 2.24) is 30.0 Å². The van der Waals surface area contributed by atoms with Crippen LogP contribution in [0.4, 0.5) is 10.5 Å². The van der Waals surface area contributed by atoms with Gasteiger partial charge in [0.25, 0.3) is 5.91 Å². The number of carbonyl (C=O) groups is 2. The van der Waals surface area contributed by atoms with Gasteiger partial charge < -0.3 is 14.9 Å². The highest BCUT2D eigenvalue weighted by molar-refractivity contribution is 6.04. The maximum atomic E-state index is 13.4. The van der Waals surface area contributed by atoms with E-state index in [-0.39, 0.29) is 18.0 Å². The number of aromatic amines is 1. The molecular weight excluding hydrogens is 422 g/mol. The van der Waals surface area contributed by atoms with Crippen molar-refractivity contribution in [2.75, 3.05) is 25.0 Å². The van der Waals surface area contributed by atoms with E-state index in [1.54, 1.807) is 29.2 Å². The van der Waals surface area contributed by atoms with Gasteiger partial charge in [-0.15, -0.1) is 0 Å². The molecule has 2 aliphatic heterocycles. The van der Waals surface area contributed by atoms with Crippen LogP contribution in [0.1, 0.15) is 32.3 Å². The fourth-order valence-corrected chi connectivity index (χ4v) is 4.68. The van der Waals surface area contributed by atoms with Crippen molar-refractivity contribution in [2.45, 2.75) is 44.9 Å². The Labute approximate surface area is 191 Å². The average molecular weight is 450 g/mol. The van der Waals surface area contributed by atoms with Gasteiger partial charge in [-0.25, -0.2) is 9.78 Å². The van der Waals surface area contributed by atoms with Gasteiger partial charge in [-0.2, -0.15) is 5.10 Å². The third kappa shape index (κ3) is 3.70. The first-order valence-electron chi connectivity index (χ1n) is 11.1. The van der Waals surface area contributed by atoms with Gasteiger partial charge in [0.15, 0.2) is 0 Å². The molecule has 1 fully saturated rings.